The molecule has 18 heavy (non-hydrogen) atoms. The SMILES string of the molecule is CCCCCCc1ccc(S(N)(=O)=O)c(CCl)c1. The Balaban J connectivity index is 2.80. The van der Waals surface area contributed by atoms with Gasteiger partial charge in [0.1, 0.15) is 0 Å². The first kappa shape index (κ1) is 15.5. The van der Waals surface area contributed by atoms with Crippen molar-refractivity contribution in [3.8, 4) is 0 Å². The molecule has 0 radical (unpaired) electrons. The number of sulfonamides is 1. The van der Waals surface area contributed by atoms with E-state index in [0.29, 0.717) is 5.56 Å². The Labute approximate surface area is 114 Å². The van der Waals surface area contributed by atoms with Gasteiger partial charge in [-0.1, -0.05) is 38.3 Å². The van der Waals surface area contributed by atoms with Gasteiger partial charge in [-0.05, 0) is 30.0 Å². The molecule has 0 aliphatic heterocycles. The van der Waals surface area contributed by atoms with E-state index in [9.17, 15) is 8.42 Å². The van der Waals surface area contributed by atoms with Crippen molar-refractivity contribution < 1.29 is 8.42 Å². The molecular weight excluding hydrogens is 270 g/mol. The molecule has 0 atom stereocenters. The Kier molecular flexibility index (Phi) is 6.12. The summed E-state index contributed by atoms with van der Waals surface area (Å²) in [7, 11) is -3.68. The van der Waals surface area contributed by atoms with Crippen molar-refractivity contribution in [1.82, 2.24) is 0 Å². The average Bonchev–Trinajstić information content (AvgIpc) is 2.33. The molecule has 3 nitrogen and oxygen atoms in total. The number of unbranched alkanes of at least 4 members (excludes halogenated alkanes) is 3. The molecule has 0 unspecified atom stereocenters. The van der Waals surface area contributed by atoms with E-state index in [-0.39, 0.29) is 10.8 Å². The normalized spacial score (nSPS) is 11.7. The van der Waals surface area contributed by atoms with Crippen LogP contribution >= 0.6 is 11.6 Å². The zero-order valence-electron chi connectivity index (χ0n) is 10.7. The Morgan fingerprint density at radius 2 is 1.94 bits per heavy atom. The number of hydrogen-bond acceptors (Lipinski definition) is 2. The number of alkyl halides is 1. The average molecular weight is 290 g/mol. The summed E-state index contributed by atoms with van der Waals surface area (Å²) in [6.07, 6.45) is 5.71. The van der Waals surface area contributed by atoms with E-state index < -0.39 is 10.0 Å². The number of primary sulfonamides is 1. The lowest BCUT2D eigenvalue weighted by Gasteiger charge is -2.08. The standard InChI is InChI=1S/C13H20ClNO2S/c1-2-3-4-5-6-11-7-8-13(18(15,16)17)12(9-11)10-14/h7-9H,2-6,10H2,1H3,(H2,15,16,17). The Morgan fingerprint density at radius 3 is 2.50 bits per heavy atom. The van der Waals surface area contributed by atoms with Crippen LogP contribution in [0.25, 0.3) is 0 Å². The van der Waals surface area contributed by atoms with Crippen LogP contribution in [-0.2, 0) is 22.3 Å². The minimum atomic E-state index is -3.68. The molecule has 0 saturated carbocycles. The highest BCUT2D eigenvalue weighted by Crippen LogP contribution is 2.19. The minimum absolute atomic E-state index is 0.134. The molecule has 0 bridgehead atoms. The van der Waals surface area contributed by atoms with Crippen LogP contribution < -0.4 is 5.14 Å². The van der Waals surface area contributed by atoms with Gasteiger partial charge in [0.2, 0.25) is 10.0 Å². The lowest BCUT2D eigenvalue weighted by Crippen LogP contribution is -2.14. The molecule has 0 saturated heterocycles. The van der Waals surface area contributed by atoms with Gasteiger partial charge in [-0.25, -0.2) is 13.6 Å². The van der Waals surface area contributed by atoms with Crippen molar-refractivity contribution in [2.75, 3.05) is 0 Å². The maximum Gasteiger partial charge on any atom is 0.238 e. The highest BCUT2D eigenvalue weighted by atomic mass is 35.5. The van der Waals surface area contributed by atoms with Crippen molar-refractivity contribution >= 4 is 21.6 Å². The molecule has 1 aromatic carbocycles. The monoisotopic (exact) mass is 289 g/mol. The van der Waals surface area contributed by atoms with Gasteiger partial charge in [0.05, 0.1) is 4.90 Å². The van der Waals surface area contributed by atoms with Crippen molar-refractivity contribution in [3.63, 3.8) is 0 Å². The molecule has 0 aliphatic carbocycles. The van der Waals surface area contributed by atoms with Crippen LogP contribution in [0.15, 0.2) is 23.1 Å². The molecular formula is C13H20ClNO2S. The lowest BCUT2D eigenvalue weighted by molar-refractivity contribution is 0.597. The molecule has 0 spiro atoms. The number of rotatable bonds is 7. The summed E-state index contributed by atoms with van der Waals surface area (Å²) in [5.41, 5.74) is 1.71. The van der Waals surface area contributed by atoms with Crippen LogP contribution in [0, 0.1) is 0 Å². The molecule has 2 N–H and O–H groups in total. The fourth-order valence-corrected chi connectivity index (χ4v) is 2.98. The first-order valence-electron chi connectivity index (χ1n) is 6.19. The molecule has 1 aromatic rings. The zero-order chi connectivity index (χ0) is 13.6. The first-order chi connectivity index (χ1) is 8.49. The summed E-state index contributed by atoms with van der Waals surface area (Å²) in [5, 5.41) is 5.14. The molecule has 5 heteroatoms. The summed E-state index contributed by atoms with van der Waals surface area (Å²) < 4.78 is 22.7. The predicted molar refractivity (Wildman–Crippen MR) is 75.2 cm³/mol. The van der Waals surface area contributed by atoms with Gasteiger partial charge in [0.15, 0.2) is 0 Å². The molecule has 1 rings (SSSR count). The van der Waals surface area contributed by atoms with Gasteiger partial charge in [0, 0.05) is 5.88 Å². The molecule has 0 aliphatic rings. The van der Waals surface area contributed by atoms with Crippen LogP contribution in [0.2, 0.25) is 0 Å². The zero-order valence-corrected chi connectivity index (χ0v) is 12.2. The summed E-state index contributed by atoms with van der Waals surface area (Å²) in [6, 6.07) is 5.22. The molecule has 0 amide bonds. The second-order valence-electron chi connectivity index (χ2n) is 4.43. The maximum absolute atomic E-state index is 11.3. The molecule has 102 valence electrons. The van der Waals surface area contributed by atoms with Gasteiger partial charge < -0.3 is 0 Å². The Morgan fingerprint density at radius 1 is 1.22 bits per heavy atom. The molecule has 0 heterocycles. The van der Waals surface area contributed by atoms with Crippen molar-refractivity contribution in [2.45, 2.75) is 49.8 Å². The smallest absolute Gasteiger partial charge is 0.225 e. The van der Waals surface area contributed by atoms with Crippen LogP contribution in [0.5, 0.6) is 0 Å². The van der Waals surface area contributed by atoms with Gasteiger partial charge in [0.25, 0.3) is 0 Å². The third kappa shape index (κ3) is 4.59. The third-order valence-corrected chi connectivity index (χ3v) is 4.19. The topological polar surface area (TPSA) is 60.2 Å². The fourth-order valence-electron chi connectivity index (χ4n) is 1.93. The van der Waals surface area contributed by atoms with E-state index >= 15 is 0 Å². The number of nitrogens with two attached hydrogens (primary N) is 1. The number of benzene rings is 1. The highest BCUT2D eigenvalue weighted by Gasteiger charge is 2.13. The number of hydrogen-bond donors (Lipinski definition) is 1. The number of halogens is 1. The van der Waals surface area contributed by atoms with E-state index in [1.54, 1.807) is 6.07 Å². The fraction of sp³-hybridized carbons (Fsp3) is 0.538. The van der Waals surface area contributed by atoms with Gasteiger partial charge in [-0.15, -0.1) is 11.6 Å². The quantitative estimate of drug-likeness (QED) is 0.619. The summed E-state index contributed by atoms with van der Waals surface area (Å²) >= 11 is 5.77. The van der Waals surface area contributed by atoms with Gasteiger partial charge in [-0.2, -0.15) is 0 Å². The van der Waals surface area contributed by atoms with Crippen molar-refractivity contribution in [2.24, 2.45) is 5.14 Å². The number of aryl methyl sites for hydroxylation is 1. The summed E-state index contributed by atoms with van der Waals surface area (Å²) in [4.78, 5) is 0.134. The summed E-state index contributed by atoms with van der Waals surface area (Å²) in [5.74, 6) is 0.161. The van der Waals surface area contributed by atoms with Crippen molar-refractivity contribution in [1.29, 1.82) is 0 Å². The predicted octanol–water partition coefficient (Wildman–Crippen LogP) is 3.20. The van der Waals surface area contributed by atoms with Gasteiger partial charge >= 0.3 is 0 Å². The second-order valence-corrected chi connectivity index (χ2v) is 6.23. The summed E-state index contributed by atoms with van der Waals surface area (Å²) in [6.45, 7) is 2.17. The van der Waals surface area contributed by atoms with Crippen LogP contribution in [0.3, 0.4) is 0 Å². The minimum Gasteiger partial charge on any atom is -0.225 e. The van der Waals surface area contributed by atoms with Crippen LogP contribution in [-0.4, -0.2) is 8.42 Å². The second kappa shape index (κ2) is 7.12. The Bertz CT molecular complexity index is 486. The van der Waals surface area contributed by atoms with Crippen LogP contribution in [0.4, 0.5) is 0 Å². The largest absolute Gasteiger partial charge is 0.238 e. The van der Waals surface area contributed by atoms with E-state index in [0.717, 1.165) is 18.4 Å². The lowest BCUT2D eigenvalue weighted by atomic mass is 10.0. The third-order valence-electron chi connectivity index (χ3n) is 2.89. The Hall–Kier alpha value is -0.580. The molecule has 0 aromatic heterocycles. The van der Waals surface area contributed by atoms with E-state index in [2.05, 4.69) is 6.92 Å². The van der Waals surface area contributed by atoms with E-state index in [1.165, 1.54) is 19.3 Å². The van der Waals surface area contributed by atoms with E-state index in [4.69, 9.17) is 16.7 Å². The van der Waals surface area contributed by atoms with Gasteiger partial charge in [-0.3, -0.25) is 0 Å². The first-order valence-corrected chi connectivity index (χ1v) is 8.27. The maximum atomic E-state index is 11.3. The van der Waals surface area contributed by atoms with E-state index in [1.807, 2.05) is 12.1 Å². The van der Waals surface area contributed by atoms with Crippen LogP contribution in [0.1, 0.15) is 43.7 Å². The highest BCUT2D eigenvalue weighted by molar-refractivity contribution is 7.89. The van der Waals surface area contributed by atoms with Crippen molar-refractivity contribution in [3.05, 3.63) is 29.3 Å². The molecule has 0 fully saturated rings.